The Morgan fingerprint density at radius 1 is 0.742 bits per heavy atom. The van der Waals surface area contributed by atoms with Crippen LogP contribution >= 0.6 is 0 Å². The molecular weight excluding hydrogens is 394 g/mol. The van der Waals surface area contributed by atoms with Crippen LogP contribution in [0.4, 0.5) is 11.4 Å². The number of carbonyl (C=O) groups is 3. The van der Waals surface area contributed by atoms with E-state index in [9.17, 15) is 14.4 Å². The number of amides is 3. The van der Waals surface area contributed by atoms with Crippen LogP contribution in [0.25, 0.3) is 0 Å². The summed E-state index contributed by atoms with van der Waals surface area (Å²) >= 11 is 0. The zero-order valence-corrected chi connectivity index (χ0v) is 17.1. The number of nitrogens with one attached hydrogen (secondary N) is 3. The van der Waals surface area contributed by atoms with E-state index >= 15 is 0 Å². The second-order valence-electron chi connectivity index (χ2n) is 6.72. The average molecular weight is 417 g/mol. The third-order valence-corrected chi connectivity index (χ3v) is 4.38. The van der Waals surface area contributed by atoms with Crippen LogP contribution in [0.2, 0.25) is 0 Å². The third kappa shape index (κ3) is 6.43. The van der Waals surface area contributed by atoms with Gasteiger partial charge in [0.2, 0.25) is 0 Å². The Labute approximate surface area is 180 Å². The van der Waals surface area contributed by atoms with Gasteiger partial charge in [-0.1, -0.05) is 36.4 Å². The average Bonchev–Trinajstić information content (AvgIpc) is 2.78. The van der Waals surface area contributed by atoms with Crippen molar-refractivity contribution in [3.05, 3.63) is 90.0 Å². The van der Waals surface area contributed by atoms with Gasteiger partial charge in [-0.2, -0.15) is 0 Å². The summed E-state index contributed by atoms with van der Waals surface area (Å²) < 4.78 is 5.58. The van der Waals surface area contributed by atoms with Gasteiger partial charge in [-0.15, -0.1) is 0 Å². The lowest BCUT2D eigenvalue weighted by Crippen LogP contribution is -2.37. The summed E-state index contributed by atoms with van der Waals surface area (Å²) in [5, 5.41) is 7.79. The molecule has 0 saturated carbocycles. The number of hydrogen-bond acceptors (Lipinski definition) is 4. The van der Waals surface area contributed by atoms with Crippen LogP contribution < -0.4 is 20.7 Å². The fraction of sp³-hybridized carbons (Fsp3) is 0.125. The van der Waals surface area contributed by atoms with E-state index in [0.717, 1.165) is 11.3 Å². The fourth-order valence-electron chi connectivity index (χ4n) is 2.74. The number of para-hydroxylation sites is 2. The molecule has 31 heavy (non-hydrogen) atoms. The molecule has 0 fully saturated rings. The number of hydrogen-bond donors (Lipinski definition) is 3. The summed E-state index contributed by atoms with van der Waals surface area (Å²) in [5.41, 5.74) is 2.52. The Morgan fingerprint density at radius 3 is 2.10 bits per heavy atom. The first kappa shape index (κ1) is 21.6. The number of benzene rings is 3. The molecular formula is C24H23N3O4. The molecule has 0 atom stereocenters. The summed E-state index contributed by atoms with van der Waals surface area (Å²) in [6.07, 6.45) is 0. The van der Waals surface area contributed by atoms with Gasteiger partial charge in [0.05, 0.1) is 6.54 Å². The van der Waals surface area contributed by atoms with Gasteiger partial charge >= 0.3 is 11.8 Å². The zero-order valence-electron chi connectivity index (χ0n) is 17.1. The van der Waals surface area contributed by atoms with Crippen molar-refractivity contribution >= 4 is 29.1 Å². The molecule has 3 rings (SSSR count). The maximum Gasteiger partial charge on any atom is 0.313 e. The normalized spacial score (nSPS) is 10.1. The van der Waals surface area contributed by atoms with Gasteiger partial charge in [0.15, 0.2) is 0 Å². The highest BCUT2D eigenvalue weighted by molar-refractivity contribution is 6.39. The van der Waals surface area contributed by atoms with E-state index in [-0.39, 0.29) is 19.1 Å². The lowest BCUT2D eigenvalue weighted by atomic mass is 10.2. The minimum absolute atomic E-state index is 0.194. The zero-order chi connectivity index (χ0) is 22.1. The monoisotopic (exact) mass is 417 g/mol. The standard InChI is InChI=1S/C24H23N3O4/c1-17-7-5-6-10-21(17)31-16-15-25-23(29)24(30)27-20-13-11-18(12-14-20)22(28)26-19-8-3-2-4-9-19/h2-14H,15-16H2,1H3,(H,25,29)(H,26,28)(H,27,30). The van der Waals surface area contributed by atoms with Crippen LogP contribution in [0.3, 0.4) is 0 Å². The van der Waals surface area contributed by atoms with Gasteiger partial charge in [-0.25, -0.2) is 0 Å². The van der Waals surface area contributed by atoms with Crippen molar-refractivity contribution < 1.29 is 19.1 Å². The molecule has 7 heteroatoms. The minimum Gasteiger partial charge on any atom is -0.491 e. The highest BCUT2D eigenvalue weighted by atomic mass is 16.5. The molecule has 0 spiro atoms. The molecule has 3 amide bonds. The maximum absolute atomic E-state index is 12.3. The molecule has 0 aliphatic heterocycles. The Morgan fingerprint density at radius 2 is 1.39 bits per heavy atom. The van der Waals surface area contributed by atoms with Crippen LogP contribution in [0, 0.1) is 6.92 Å². The third-order valence-electron chi connectivity index (χ3n) is 4.38. The highest BCUT2D eigenvalue weighted by Gasteiger charge is 2.14. The first-order chi connectivity index (χ1) is 15.0. The molecule has 158 valence electrons. The van der Waals surface area contributed by atoms with Crippen LogP contribution in [0.15, 0.2) is 78.9 Å². The molecule has 0 bridgehead atoms. The van der Waals surface area contributed by atoms with Crippen LogP contribution in [-0.4, -0.2) is 30.9 Å². The first-order valence-electron chi connectivity index (χ1n) is 9.77. The molecule has 0 aromatic heterocycles. The highest BCUT2D eigenvalue weighted by Crippen LogP contribution is 2.15. The summed E-state index contributed by atoms with van der Waals surface area (Å²) in [4.78, 5) is 36.3. The quantitative estimate of drug-likeness (QED) is 0.406. The molecule has 0 unspecified atom stereocenters. The topological polar surface area (TPSA) is 96.5 Å². The van der Waals surface area contributed by atoms with Crippen molar-refractivity contribution in [1.82, 2.24) is 5.32 Å². The Hall–Kier alpha value is -4.13. The van der Waals surface area contributed by atoms with Gasteiger partial charge < -0.3 is 20.7 Å². The van der Waals surface area contributed by atoms with Crippen molar-refractivity contribution in [2.75, 3.05) is 23.8 Å². The van der Waals surface area contributed by atoms with Gasteiger partial charge in [0.1, 0.15) is 12.4 Å². The van der Waals surface area contributed by atoms with E-state index in [1.165, 1.54) is 0 Å². The van der Waals surface area contributed by atoms with E-state index in [1.807, 2.05) is 49.4 Å². The second-order valence-corrected chi connectivity index (χ2v) is 6.72. The van der Waals surface area contributed by atoms with Crippen molar-refractivity contribution in [2.45, 2.75) is 6.92 Å². The summed E-state index contributed by atoms with van der Waals surface area (Å²) in [5.74, 6) is -1.09. The number of aryl methyl sites for hydroxylation is 1. The second kappa shape index (κ2) is 10.6. The van der Waals surface area contributed by atoms with E-state index in [4.69, 9.17) is 4.74 Å². The first-order valence-corrected chi connectivity index (χ1v) is 9.77. The fourth-order valence-corrected chi connectivity index (χ4v) is 2.74. The van der Waals surface area contributed by atoms with Gasteiger partial charge in [-0.3, -0.25) is 14.4 Å². The Kier molecular flexibility index (Phi) is 7.37. The number of rotatable bonds is 7. The van der Waals surface area contributed by atoms with E-state index in [1.54, 1.807) is 36.4 Å². The lowest BCUT2D eigenvalue weighted by Gasteiger charge is -2.10. The number of anilines is 2. The summed E-state index contributed by atoms with van der Waals surface area (Å²) in [7, 11) is 0. The summed E-state index contributed by atoms with van der Waals surface area (Å²) in [6, 6.07) is 22.9. The predicted molar refractivity (Wildman–Crippen MR) is 119 cm³/mol. The maximum atomic E-state index is 12.3. The summed E-state index contributed by atoms with van der Waals surface area (Å²) in [6.45, 7) is 2.37. The molecule has 3 N–H and O–H groups in total. The van der Waals surface area contributed by atoms with Gasteiger partial charge in [-0.05, 0) is 55.0 Å². The predicted octanol–water partition coefficient (Wildman–Crippen LogP) is 3.38. The van der Waals surface area contributed by atoms with Gasteiger partial charge in [0, 0.05) is 16.9 Å². The lowest BCUT2D eigenvalue weighted by molar-refractivity contribution is -0.136. The molecule has 3 aromatic carbocycles. The molecule has 3 aromatic rings. The number of ether oxygens (including phenoxy) is 1. The van der Waals surface area contributed by atoms with E-state index in [2.05, 4.69) is 16.0 Å². The van der Waals surface area contributed by atoms with Gasteiger partial charge in [0.25, 0.3) is 5.91 Å². The Bertz CT molecular complexity index is 1050. The SMILES string of the molecule is Cc1ccccc1OCCNC(=O)C(=O)Nc1ccc(C(=O)Nc2ccccc2)cc1. The van der Waals surface area contributed by atoms with Crippen LogP contribution in [0.1, 0.15) is 15.9 Å². The largest absolute Gasteiger partial charge is 0.491 e. The van der Waals surface area contributed by atoms with Crippen molar-refractivity contribution in [3.63, 3.8) is 0 Å². The molecule has 0 aliphatic rings. The smallest absolute Gasteiger partial charge is 0.313 e. The molecule has 0 aliphatic carbocycles. The van der Waals surface area contributed by atoms with Crippen molar-refractivity contribution in [3.8, 4) is 5.75 Å². The molecule has 0 radical (unpaired) electrons. The molecule has 7 nitrogen and oxygen atoms in total. The minimum atomic E-state index is -0.794. The van der Waals surface area contributed by atoms with Crippen molar-refractivity contribution in [2.24, 2.45) is 0 Å². The Balaban J connectivity index is 1.43. The van der Waals surface area contributed by atoms with Crippen LogP contribution in [-0.2, 0) is 9.59 Å². The number of carbonyl (C=O) groups excluding carboxylic acids is 3. The molecule has 0 heterocycles. The van der Waals surface area contributed by atoms with E-state index < -0.39 is 11.8 Å². The van der Waals surface area contributed by atoms with Crippen molar-refractivity contribution in [1.29, 1.82) is 0 Å². The van der Waals surface area contributed by atoms with E-state index in [0.29, 0.717) is 16.9 Å². The molecule has 0 saturated heterocycles. The van der Waals surface area contributed by atoms with Crippen LogP contribution in [0.5, 0.6) is 5.75 Å².